The monoisotopic (exact) mass is 348 g/mol. The number of fused-ring (bicyclic) bond motifs is 2. The van der Waals surface area contributed by atoms with E-state index in [1.54, 1.807) is 0 Å². The van der Waals surface area contributed by atoms with Crippen LogP contribution in [-0.2, 0) is 6.42 Å². The third kappa shape index (κ3) is 2.63. The number of para-hydroxylation sites is 1. The molecule has 8 nitrogen and oxygen atoms in total. The molecule has 0 spiro atoms. The Balaban J connectivity index is 1.36. The number of nitrogens with zero attached hydrogens (tertiary/aromatic N) is 5. The largest absolute Gasteiger partial charge is 0.361 e. The van der Waals surface area contributed by atoms with Crippen molar-refractivity contribution < 1.29 is 0 Å². The summed E-state index contributed by atoms with van der Waals surface area (Å²) < 4.78 is 0. The quantitative estimate of drug-likeness (QED) is 0.512. The molecule has 1 aromatic carbocycles. The molecule has 1 aliphatic heterocycles. The molecule has 8 heteroatoms. The maximum Gasteiger partial charge on any atom is 0.226 e. The van der Waals surface area contributed by atoms with Crippen LogP contribution in [0.25, 0.3) is 22.1 Å². The number of hydrogen-bond donors (Lipinski definition) is 3. The number of rotatable bonds is 5. The van der Waals surface area contributed by atoms with Gasteiger partial charge in [0.2, 0.25) is 11.6 Å². The van der Waals surface area contributed by atoms with Crippen LogP contribution in [0.5, 0.6) is 0 Å². The van der Waals surface area contributed by atoms with Crippen molar-refractivity contribution in [3.8, 4) is 0 Å². The summed E-state index contributed by atoms with van der Waals surface area (Å²) >= 11 is 0. The lowest BCUT2D eigenvalue weighted by atomic mass is 10.1. The van der Waals surface area contributed by atoms with Gasteiger partial charge in [-0.1, -0.05) is 18.2 Å². The average molecular weight is 348 g/mol. The molecule has 3 aromatic heterocycles. The van der Waals surface area contributed by atoms with Crippen molar-refractivity contribution in [2.75, 3.05) is 29.9 Å². The first-order chi connectivity index (χ1) is 12.9. The van der Waals surface area contributed by atoms with Crippen LogP contribution in [0.4, 0.5) is 11.8 Å². The van der Waals surface area contributed by atoms with Crippen molar-refractivity contribution in [1.82, 2.24) is 30.4 Å². The topological polar surface area (TPSA) is 98.4 Å². The van der Waals surface area contributed by atoms with Crippen LogP contribution in [0.1, 0.15) is 18.4 Å². The van der Waals surface area contributed by atoms with Crippen molar-refractivity contribution in [2.45, 2.75) is 19.3 Å². The molecule has 4 aromatic rings. The first-order valence-electron chi connectivity index (χ1n) is 9.01. The number of nitrogens with one attached hydrogen (secondary N) is 3. The van der Waals surface area contributed by atoms with E-state index in [0.29, 0.717) is 11.6 Å². The molecule has 26 heavy (non-hydrogen) atoms. The van der Waals surface area contributed by atoms with Crippen molar-refractivity contribution in [2.24, 2.45) is 0 Å². The van der Waals surface area contributed by atoms with Crippen LogP contribution in [0, 0.1) is 0 Å². The molecule has 5 rings (SSSR count). The van der Waals surface area contributed by atoms with E-state index >= 15 is 0 Å². The van der Waals surface area contributed by atoms with E-state index in [4.69, 9.17) is 4.98 Å². The summed E-state index contributed by atoms with van der Waals surface area (Å²) in [5, 5.41) is 15.7. The third-order valence-electron chi connectivity index (χ3n) is 4.92. The van der Waals surface area contributed by atoms with Crippen LogP contribution in [0.15, 0.2) is 30.5 Å². The Labute approximate surface area is 150 Å². The van der Waals surface area contributed by atoms with Crippen LogP contribution in [-0.4, -0.2) is 50.0 Å². The molecule has 3 N–H and O–H groups in total. The van der Waals surface area contributed by atoms with Crippen molar-refractivity contribution in [1.29, 1.82) is 0 Å². The molecule has 132 valence electrons. The SMILES string of the molecule is c1ccc2c(CCNc3nc(N4CCCC4)c4n[nH]nc4n3)c[nH]c2c1. The van der Waals surface area contributed by atoms with Gasteiger partial charge >= 0.3 is 0 Å². The Kier molecular flexibility index (Phi) is 3.66. The zero-order valence-corrected chi connectivity index (χ0v) is 14.4. The van der Waals surface area contributed by atoms with Gasteiger partial charge in [0.15, 0.2) is 11.3 Å². The van der Waals surface area contributed by atoms with Crippen LogP contribution < -0.4 is 10.2 Å². The van der Waals surface area contributed by atoms with E-state index in [2.05, 4.69) is 60.0 Å². The van der Waals surface area contributed by atoms with Gasteiger partial charge < -0.3 is 15.2 Å². The fraction of sp³-hybridized carbons (Fsp3) is 0.333. The van der Waals surface area contributed by atoms with Gasteiger partial charge in [0, 0.05) is 36.7 Å². The highest BCUT2D eigenvalue weighted by Gasteiger charge is 2.20. The van der Waals surface area contributed by atoms with Gasteiger partial charge in [-0.2, -0.15) is 20.3 Å². The zero-order valence-electron chi connectivity index (χ0n) is 14.4. The molecule has 1 saturated heterocycles. The zero-order chi connectivity index (χ0) is 17.3. The maximum absolute atomic E-state index is 4.71. The molecule has 0 aliphatic carbocycles. The third-order valence-corrected chi connectivity index (χ3v) is 4.92. The molecule has 1 fully saturated rings. The summed E-state index contributed by atoms with van der Waals surface area (Å²) in [7, 11) is 0. The number of H-pyrrole nitrogens is 2. The Hall–Kier alpha value is -3.16. The summed E-state index contributed by atoms with van der Waals surface area (Å²) in [6.45, 7) is 2.77. The molecule has 0 atom stereocenters. The van der Waals surface area contributed by atoms with Gasteiger partial charge in [-0.25, -0.2) is 0 Å². The maximum atomic E-state index is 4.71. The molecular formula is C18H20N8. The molecule has 0 saturated carbocycles. The summed E-state index contributed by atoms with van der Waals surface area (Å²) in [6, 6.07) is 8.35. The average Bonchev–Trinajstić information content (AvgIpc) is 3.42. The predicted molar refractivity (Wildman–Crippen MR) is 101 cm³/mol. The minimum Gasteiger partial charge on any atom is -0.361 e. The van der Waals surface area contributed by atoms with Crippen LogP contribution in [0.3, 0.4) is 0 Å². The Morgan fingerprint density at radius 1 is 1.08 bits per heavy atom. The Morgan fingerprint density at radius 2 is 1.96 bits per heavy atom. The molecule has 1 aliphatic rings. The van der Waals surface area contributed by atoms with Crippen molar-refractivity contribution >= 4 is 33.8 Å². The first kappa shape index (κ1) is 15.1. The number of hydrogen-bond acceptors (Lipinski definition) is 6. The Bertz CT molecular complexity index is 1040. The highest BCUT2D eigenvalue weighted by Crippen LogP contribution is 2.25. The van der Waals surface area contributed by atoms with Gasteiger partial charge in [-0.15, -0.1) is 5.10 Å². The van der Waals surface area contributed by atoms with Crippen molar-refractivity contribution in [3.05, 3.63) is 36.0 Å². The molecule has 0 unspecified atom stereocenters. The highest BCUT2D eigenvalue weighted by atomic mass is 15.4. The van der Waals surface area contributed by atoms with E-state index in [-0.39, 0.29) is 0 Å². The molecule has 0 radical (unpaired) electrons. The van der Waals surface area contributed by atoms with Crippen molar-refractivity contribution in [3.63, 3.8) is 0 Å². The van der Waals surface area contributed by atoms with E-state index in [9.17, 15) is 0 Å². The van der Waals surface area contributed by atoms with E-state index in [1.807, 2.05) is 6.07 Å². The number of anilines is 2. The second kappa shape index (κ2) is 6.29. The minimum absolute atomic E-state index is 0.605. The molecule has 0 bridgehead atoms. The summed E-state index contributed by atoms with van der Waals surface area (Å²) in [4.78, 5) is 14.8. The first-order valence-corrected chi connectivity index (χ1v) is 9.01. The van der Waals surface area contributed by atoms with E-state index in [0.717, 1.165) is 37.4 Å². The van der Waals surface area contributed by atoms with Gasteiger partial charge in [-0.05, 0) is 30.9 Å². The van der Waals surface area contributed by atoms with Crippen LogP contribution in [0.2, 0.25) is 0 Å². The molecular weight excluding hydrogens is 328 g/mol. The fourth-order valence-corrected chi connectivity index (χ4v) is 3.61. The van der Waals surface area contributed by atoms with E-state index in [1.165, 1.54) is 29.3 Å². The van der Waals surface area contributed by atoms with Gasteiger partial charge in [0.05, 0.1) is 0 Å². The summed E-state index contributed by atoms with van der Waals surface area (Å²) in [5.74, 6) is 1.48. The number of benzene rings is 1. The number of aromatic amines is 2. The fourth-order valence-electron chi connectivity index (χ4n) is 3.61. The molecule has 0 amide bonds. The second-order valence-electron chi connectivity index (χ2n) is 6.60. The Morgan fingerprint density at radius 3 is 2.88 bits per heavy atom. The lowest BCUT2D eigenvalue weighted by molar-refractivity contribution is 0.925. The van der Waals surface area contributed by atoms with Gasteiger partial charge in [0.25, 0.3) is 0 Å². The minimum atomic E-state index is 0.605. The molecule has 4 heterocycles. The normalized spacial score (nSPS) is 14.5. The lowest BCUT2D eigenvalue weighted by Crippen LogP contribution is -2.20. The van der Waals surface area contributed by atoms with E-state index < -0.39 is 0 Å². The highest BCUT2D eigenvalue weighted by molar-refractivity contribution is 5.84. The lowest BCUT2D eigenvalue weighted by Gasteiger charge is -2.17. The predicted octanol–water partition coefficient (Wildman–Crippen LogP) is 2.48. The number of aromatic nitrogens is 6. The second-order valence-corrected chi connectivity index (χ2v) is 6.60. The summed E-state index contributed by atoms with van der Waals surface area (Å²) in [6.07, 6.45) is 5.34. The smallest absolute Gasteiger partial charge is 0.226 e. The van der Waals surface area contributed by atoms with Gasteiger partial charge in [0.1, 0.15) is 0 Å². The van der Waals surface area contributed by atoms with Gasteiger partial charge in [-0.3, -0.25) is 0 Å². The standard InChI is InChI=1S/C18H20N8/c1-2-6-14-13(5-1)12(11-20-14)7-8-19-18-21-16-15(23-25-24-16)17(22-18)26-9-3-4-10-26/h1-2,5-6,11,20H,3-4,7-10H2,(H2,19,21,22,23,24,25). The van der Waals surface area contributed by atoms with Crippen LogP contribution >= 0.6 is 0 Å². The summed E-state index contributed by atoms with van der Waals surface area (Å²) in [5.41, 5.74) is 3.81.